The van der Waals surface area contributed by atoms with Crippen LogP contribution in [0.15, 0.2) is 60.8 Å². The number of aliphatic hydroxyl groups excluding tert-OH is 1. The molecule has 2 aromatic carbocycles. The lowest BCUT2D eigenvalue weighted by molar-refractivity contribution is -0.121. The molecule has 0 amide bonds. The zero-order chi connectivity index (χ0) is 29.0. The summed E-state index contributed by atoms with van der Waals surface area (Å²) in [7, 11) is 3.52. The predicted molar refractivity (Wildman–Crippen MR) is 156 cm³/mol. The van der Waals surface area contributed by atoms with E-state index in [0.29, 0.717) is 29.7 Å². The number of pyridine rings is 1. The van der Waals surface area contributed by atoms with Crippen molar-refractivity contribution in [3.05, 3.63) is 77.5 Å². The molecule has 7 heteroatoms. The van der Waals surface area contributed by atoms with Gasteiger partial charge in [-0.05, 0) is 105 Å². The number of aromatic nitrogens is 1. The first kappa shape index (κ1) is 29.4. The number of ketones is 1. The van der Waals surface area contributed by atoms with Crippen molar-refractivity contribution in [2.75, 3.05) is 20.8 Å². The summed E-state index contributed by atoms with van der Waals surface area (Å²) in [6.45, 7) is 8.05. The third-order valence-corrected chi connectivity index (χ3v) is 8.19. The first-order chi connectivity index (χ1) is 19.0. The fourth-order valence-corrected chi connectivity index (χ4v) is 5.04. The molecule has 0 unspecified atom stereocenters. The van der Waals surface area contributed by atoms with Gasteiger partial charge in [-0.2, -0.15) is 0 Å². The minimum atomic E-state index is -0.459. The number of carbonyl (C=O) groups is 2. The maximum Gasteiger partial charge on any atom is 0.343 e. The van der Waals surface area contributed by atoms with Gasteiger partial charge in [-0.25, -0.2) is 9.78 Å². The fourth-order valence-electron chi connectivity index (χ4n) is 5.04. The van der Waals surface area contributed by atoms with E-state index in [9.17, 15) is 14.7 Å². The van der Waals surface area contributed by atoms with Gasteiger partial charge in [0.25, 0.3) is 0 Å². The number of Topliss-reactive ketones (excluding diaryl/α,β-unsaturated/α-hetero) is 1. The van der Waals surface area contributed by atoms with Gasteiger partial charge in [-0.15, -0.1) is 0 Å². The summed E-state index contributed by atoms with van der Waals surface area (Å²) < 4.78 is 11.2. The molecule has 1 heterocycles. The molecular weight excluding hydrogens is 504 g/mol. The van der Waals surface area contributed by atoms with Gasteiger partial charge in [0.1, 0.15) is 11.5 Å². The standard InChI is InChI=1S/C33H40N2O5/c1-21(22(2)37)31(23-10-11-23)25-8-7-9-28(17-25)40-32(38)26-12-13-29(24-14-15-34-30(18-24)39-6)27(16-26)19-35(5)33(3,4)20-36/h7-9,12-18,21,23,31,36H,10-11,19-20H2,1-6H3/t21-,31+/m1/s1. The van der Waals surface area contributed by atoms with Gasteiger partial charge >= 0.3 is 5.97 Å². The number of hydrogen-bond donors (Lipinski definition) is 1. The Balaban J connectivity index is 1.64. The third-order valence-electron chi connectivity index (χ3n) is 8.19. The summed E-state index contributed by atoms with van der Waals surface area (Å²) in [5.41, 5.74) is 3.76. The van der Waals surface area contributed by atoms with Gasteiger partial charge in [0, 0.05) is 30.3 Å². The lowest BCUT2D eigenvalue weighted by Gasteiger charge is -2.34. The minimum absolute atomic E-state index is 0.00984. The summed E-state index contributed by atoms with van der Waals surface area (Å²) in [6, 6.07) is 16.9. The predicted octanol–water partition coefficient (Wildman–Crippen LogP) is 5.90. The van der Waals surface area contributed by atoms with E-state index in [1.807, 2.05) is 70.3 Å². The fraction of sp³-hybridized carbons (Fsp3) is 0.424. The molecule has 2 atom stereocenters. The molecule has 0 saturated heterocycles. The average Bonchev–Trinajstić information content (AvgIpc) is 3.78. The molecular formula is C33H40N2O5. The van der Waals surface area contributed by atoms with Crippen molar-refractivity contribution in [2.24, 2.45) is 11.8 Å². The Kier molecular flexibility index (Phi) is 9.06. The number of carbonyl (C=O) groups excluding carboxylic acids is 2. The average molecular weight is 545 g/mol. The number of nitrogens with zero attached hydrogens (tertiary/aromatic N) is 2. The molecule has 7 nitrogen and oxygen atoms in total. The van der Waals surface area contributed by atoms with Crippen LogP contribution in [-0.4, -0.2) is 53.0 Å². The Bertz CT molecular complexity index is 1360. The molecule has 1 aliphatic rings. The molecule has 0 aliphatic heterocycles. The highest BCUT2D eigenvalue weighted by molar-refractivity contribution is 5.92. The van der Waals surface area contributed by atoms with Crippen LogP contribution in [0.1, 0.15) is 67.9 Å². The number of rotatable bonds is 12. The summed E-state index contributed by atoms with van der Waals surface area (Å²) >= 11 is 0. The van der Waals surface area contributed by atoms with Crippen LogP contribution in [0.25, 0.3) is 11.1 Å². The molecule has 3 aromatic rings. The maximum absolute atomic E-state index is 13.4. The lowest BCUT2D eigenvalue weighted by Crippen LogP contribution is -2.43. The molecule has 1 N–H and O–H groups in total. The van der Waals surface area contributed by atoms with Gasteiger partial charge in [0.05, 0.1) is 19.3 Å². The zero-order valence-corrected chi connectivity index (χ0v) is 24.3. The normalized spacial score (nSPS) is 15.0. The molecule has 4 rings (SSSR count). The van der Waals surface area contributed by atoms with Crippen molar-refractivity contribution in [1.29, 1.82) is 0 Å². The molecule has 0 bridgehead atoms. The van der Waals surface area contributed by atoms with Crippen LogP contribution in [0.3, 0.4) is 0 Å². The molecule has 1 aromatic heterocycles. The van der Waals surface area contributed by atoms with Gasteiger partial charge < -0.3 is 14.6 Å². The van der Waals surface area contributed by atoms with E-state index in [4.69, 9.17) is 9.47 Å². The molecule has 1 saturated carbocycles. The number of ether oxygens (including phenoxy) is 2. The highest BCUT2D eigenvalue weighted by atomic mass is 16.5. The number of likely N-dealkylation sites (N-methyl/N-ethyl adjacent to an activating group) is 1. The Morgan fingerprint density at radius 2 is 1.88 bits per heavy atom. The third kappa shape index (κ3) is 6.77. The van der Waals surface area contributed by atoms with Crippen LogP contribution in [0.4, 0.5) is 0 Å². The van der Waals surface area contributed by atoms with Crippen molar-refractivity contribution >= 4 is 11.8 Å². The smallest absolute Gasteiger partial charge is 0.343 e. The van der Waals surface area contributed by atoms with Gasteiger partial charge in [0.15, 0.2) is 0 Å². The summed E-state index contributed by atoms with van der Waals surface area (Å²) in [6.07, 6.45) is 3.93. The zero-order valence-electron chi connectivity index (χ0n) is 24.3. The second-order valence-electron chi connectivity index (χ2n) is 11.5. The topological polar surface area (TPSA) is 89.0 Å². The molecule has 0 spiro atoms. The van der Waals surface area contributed by atoms with Crippen LogP contribution in [0.2, 0.25) is 0 Å². The Labute approximate surface area is 237 Å². The molecule has 1 fully saturated rings. The van der Waals surface area contributed by atoms with Crippen molar-refractivity contribution in [3.63, 3.8) is 0 Å². The first-order valence-corrected chi connectivity index (χ1v) is 13.8. The van der Waals surface area contributed by atoms with E-state index in [1.54, 1.807) is 32.4 Å². The highest BCUT2D eigenvalue weighted by Crippen LogP contribution is 2.47. The SMILES string of the molecule is COc1cc(-c2ccc(C(=O)Oc3cccc([C@H](C4CC4)[C@H](C)C(C)=O)c3)cc2CN(C)C(C)(C)CO)ccn1. The number of benzene rings is 2. The van der Waals surface area contributed by atoms with Crippen LogP contribution in [0, 0.1) is 11.8 Å². The Morgan fingerprint density at radius 1 is 1.12 bits per heavy atom. The van der Waals surface area contributed by atoms with E-state index < -0.39 is 11.5 Å². The van der Waals surface area contributed by atoms with E-state index in [-0.39, 0.29) is 24.2 Å². The van der Waals surface area contributed by atoms with Crippen LogP contribution < -0.4 is 9.47 Å². The van der Waals surface area contributed by atoms with Gasteiger partial charge in [-0.3, -0.25) is 9.69 Å². The number of methoxy groups -OCH3 is 1. The van der Waals surface area contributed by atoms with Crippen molar-refractivity contribution in [2.45, 2.75) is 58.5 Å². The van der Waals surface area contributed by atoms with E-state index in [0.717, 1.165) is 35.1 Å². The van der Waals surface area contributed by atoms with Crippen molar-refractivity contribution in [1.82, 2.24) is 9.88 Å². The lowest BCUT2D eigenvalue weighted by atomic mass is 9.81. The first-order valence-electron chi connectivity index (χ1n) is 13.8. The number of esters is 1. The van der Waals surface area contributed by atoms with Crippen LogP contribution in [0.5, 0.6) is 11.6 Å². The highest BCUT2D eigenvalue weighted by Gasteiger charge is 2.37. The van der Waals surface area contributed by atoms with E-state index >= 15 is 0 Å². The largest absolute Gasteiger partial charge is 0.481 e. The number of hydrogen-bond acceptors (Lipinski definition) is 7. The van der Waals surface area contributed by atoms with Crippen molar-refractivity contribution < 1.29 is 24.2 Å². The summed E-state index contributed by atoms with van der Waals surface area (Å²) in [4.78, 5) is 31.8. The molecule has 1 aliphatic carbocycles. The molecule has 212 valence electrons. The monoisotopic (exact) mass is 544 g/mol. The van der Waals surface area contributed by atoms with Gasteiger partial charge in [0.2, 0.25) is 5.88 Å². The van der Waals surface area contributed by atoms with Gasteiger partial charge in [-0.1, -0.05) is 25.1 Å². The second kappa shape index (κ2) is 12.3. The Hall–Kier alpha value is -3.55. The van der Waals surface area contributed by atoms with E-state index in [1.165, 1.54) is 0 Å². The van der Waals surface area contributed by atoms with Crippen LogP contribution >= 0.6 is 0 Å². The quantitative estimate of drug-likeness (QED) is 0.224. The Morgan fingerprint density at radius 3 is 2.52 bits per heavy atom. The van der Waals surface area contributed by atoms with E-state index in [2.05, 4.69) is 9.88 Å². The molecule has 0 radical (unpaired) electrons. The summed E-state index contributed by atoms with van der Waals surface area (Å²) in [5.74, 6) is 1.22. The van der Waals surface area contributed by atoms with Crippen molar-refractivity contribution in [3.8, 4) is 22.8 Å². The number of aliphatic hydroxyl groups is 1. The second-order valence-corrected chi connectivity index (χ2v) is 11.5. The van der Waals surface area contributed by atoms with Crippen LogP contribution in [-0.2, 0) is 11.3 Å². The summed E-state index contributed by atoms with van der Waals surface area (Å²) in [5, 5.41) is 9.91. The maximum atomic E-state index is 13.4. The molecule has 40 heavy (non-hydrogen) atoms. The minimum Gasteiger partial charge on any atom is -0.481 e.